The van der Waals surface area contributed by atoms with Crippen LogP contribution in [0.3, 0.4) is 0 Å². The van der Waals surface area contributed by atoms with E-state index < -0.39 is 0 Å². The Balaban J connectivity index is 2.03. The van der Waals surface area contributed by atoms with E-state index in [4.69, 9.17) is 23.2 Å². The Labute approximate surface area is 104 Å². The third-order valence-corrected chi connectivity index (χ3v) is 3.64. The molecule has 1 aliphatic rings. The van der Waals surface area contributed by atoms with Crippen LogP contribution in [0.25, 0.3) is 11.4 Å². The highest BCUT2D eigenvalue weighted by Crippen LogP contribution is 2.40. The molecule has 3 rings (SSSR count). The van der Waals surface area contributed by atoms with Crippen LogP contribution in [0.5, 0.6) is 0 Å². The van der Waals surface area contributed by atoms with E-state index in [0.717, 1.165) is 11.4 Å². The normalized spacial score (nSPS) is 15.4. The number of H-pyrrole nitrogens is 1. The van der Waals surface area contributed by atoms with Gasteiger partial charge in [-0.15, -0.1) is 0 Å². The lowest BCUT2D eigenvalue weighted by atomic mass is 10.2. The second-order valence-corrected chi connectivity index (χ2v) is 4.85. The van der Waals surface area contributed by atoms with E-state index in [-0.39, 0.29) is 0 Å². The Hall–Kier alpha value is -0.990. The summed E-state index contributed by atoms with van der Waals surface area (Å²) < 4.78 is 0. The van der Waals surface area contributed by atoms with Crippen LogP contribution in [0, 0.1) is 0 Å². The van der Waals surface area contributed by atoms with E-state index in [1.807, 2.05) is 18.3 Å². The van der Waals surface area contributed by atoms with E-state index >= 15 is 0 Å². The molecular weight excluding hydrogens is 243 g/mol. The molecule has 1 aliphatic carbocycles. The highest BCUT2D eigenvalue weighted by molar-refractivity contribution is 6.43. The van der Waals surface area contributed by atoms with Gasteiger partial charge in [-0.05, 0) is 25.0 Å². The molecule has 1 heterocycles. The first-order valence-electron chi connectivity index (χ1n) is 5.25. The largest absolute Gasteiger partial charge is 0.342 e. The Morgan fingerprint density at radius 3 is 2.81 bits per heavy atom. The minimum absolute atomic E-state index is 0.556. The third kappa shape index (κ3) is 1.72. The average Bonchev–Trinajstić information content (AvgIpc) is 3.02. The van der Waals surface area contributed by atoms with Crippen LogP contribution in [0.15, 0.2) is 24.4 Å². The fourth-order valence-electron chi connectivity index (χ4n) is 1.76. The number of aromatic amines is 1. The number of hydrogen-bond donors (Lipinski definition) is 1. The maximum atomic E-state index is 6.14. The second-order valence-electron chi connectivity index (χ2n) is 4.06. The van der Waals surface area contributed by atoms with Gasteiger partial charge in [-0.25, -0.2) is 4.98 Å². The van der Waals surface area contributed by atoms with Crippen LogP contribution < -0.4 is 0 Å². The summed E-state index contributed by atoms with van der Waals surface area (Å²) in [6, 6.07) is 5.57. The Kier molecular flexibility index (Phi) is 2.41. The van der Waals surface area contributed by atoms with Crippen molar-refractivity contribution >= 4 is 23.2 Å². The summed E-state index contributed by atoms with van der Waals surface area (Å²) in [6.45, 7) is 0. The van der Waals surface area contributed by atoms with E-state index in [1.54, 1.807) is 6.07 Å². The molecule has 16 heavy (non-hydrogen) atoms. The molecule has 1 N–H and O–H groups in total. The van der Waals surface area contributed by atoms with Gasteiger partial charge in [-0.2, -0.15) is 0 Å². The van der Waals surface area contributed by atoms with E-state index in [2.05, 4.69) is 9.97 Å². The number of nitrogens with zero attached hydrogens (tertiary/aromatic N) is 1. The number of nitrogens with one attached hydrogen (secondary N) is 1. The van der Waals surface area contributed by atoms with Gasteiger partial charge in [0.25, 0.3) is 0 Å². The van der Waals surface area contributed by atoms with E-state index in [9.17, 15) is 0 Å². The lowest BCUT2D eigenvalue weighted by Gasteiger charge is -2.02. The summed E-state index contributed by atoms with van der Waals surface area (Å²) in [6.07, 6.45) is 4.40. The maximum Gasteiger partial charge on any atom is 0.139 e. The van der Waals surface area contributed by atoms with Gasteiger partial charge in [0.2, 0.25) is 0 Å². The molecule has 2 nitrogen and oxygen atoms in total. The highest BCUT2D eigenvalue weighted by atomic mass is 35.5. The fraction of sp³-hybridized carbons (Fsp3) is 0.250. The lowest BCUT2D eigenvalue weighted by molar-refractivity contribution is 1.05. The van der Waals surface area contributed by atoms with E-state index in [1.165, 1.54) is 18.5 Å². The standard InChI is InChI=1S/C12H10Cl2N2/c13-9-3-1-2-8(11(9)14)12-15-6-10(16-12)7-4-5-7/h1-3,6-7H,4-5H2,(H,15,16). The zero-order chi connectivity index (χ0) is 11.1. The van der Waals surface area contributed by atoms with Crippen LogP contribution in [0.2, 0.25) is 10.0 Å². The monoisotopic (exact) mass is 252 g/mol. The van der Waals surface area contributed by atoms with Gasteiger partial charge < -0.3 is 4.98 Å². The summed E-state index contributed by atoms with van der Waals surface area (Å²) in [5.74, 6) is 1.47. The first-order valence-corrected chi connectivity index (χ1v) is 6.00. The van der Waals surface area contributed by atoms with Crippen molar-refractivity contribution in [1.29, 1.82) is 0 Å². The van der Waals surface area contributed by atoms with Gasteiger partial charge in [-0.1, -0.05) is 29.3 Å². The molecule has 4 heteroatoms. The molecule has 82 valence electrons. The summed E-state index contributed by atoms with van der Waals surface area (Å²) in [7, 11) is 0. The summed E-state index contributed by atoms with van der Waals surface area (Å²) in [5.41, 5.74) is 2.06. The minimum atomic E-state index is 0.556. The molecule has 1 saturated carbocycles. The number of rotatable bonds is 2. The first-order chi connectivity index (χ1) is 7.75. The molecule has 1 aromatic carbocycles. The van der Waals surface area contributed by atoms with Crippen LogP contribution in [-0.4, -0.2) is 9.97 Å². The molecule has 2 aromatic rings. The quantitative estimate of drug-likeness (QED) is 0.850. The number of aromatic nitrogens is 2. The van der Waals surface area contributed by atoms with Crippen LogP contribution in [0.1, 0.15) is 24.5 Å². The van der Waals surface area contributed by atoms with Crippen molar-refractivity contribution in [2.45, 2.75) is 18.8 Å². The van der Waals surface area contributed by atoms with E-state index in [0.29, 0.717) is 16.0 Å². The predicted octanol–water partition coefficient (Wildman–Crippen LogP) is 4.26. The summed E-state index contributed by atoms with van der Waals surface area (Å²) in [4.78, 5) is 7.66. The van der Waals surface area contributed by atoms with Crippen molar-refractivity contribution in [3.8, 4) is 11.4 Å². The van der Waals surface area contributed by atoms with Crippen molar-refractivity contribution in [3.63, 3.8) is 0 Å². The van der Waals surface area contributed by atoms with Crippen molar-refractivity contribution < 1.29 is 0 Å². The van der Waals surface area contributed by atoms with Gasteiger partial charge in [0.15, 0.2) is 0 Å². The van der Waals surface area contributed by atoms with Crippen molar-refractivity contribution in [2.75, 3.05) is 0 Å². The highest BCUT2D eigenvalue weighted by Gasteiger charge is 2.25. The zero-order valence-electron chi connectivity index (χ0n) is 8.50. The molecule has 0 bridgehead atoms. The van der Waals surface area contributed by atoms with Gasteiger partial charge in [0.05, 0.1) is 10.0 Å². The maximum absolute atomic E-state index is 6.14. The fourth-order valence-corrected chi connectivity index (χ4v) is 2.15. The number of hydrogen-bond acceptors (Lipinski definition) is 1. The topological polar surface area (TPSA) is 28.7 Å². The van der Waals surface area contributed by atoms with Crippen LogP contribution >= 0.6 is 23.2 Å². The number of halogens is 2. The van der Waals surface area contributed by atoms with Crippen LogP contribution in [0.4, 0.5) is 0 Å². The molecule has 0 spiro atoms. The Morgan fingerprint density at radius 2 is 2.06 bits per heavy atom. The molecule has 1 aromatic heterocycles. The first kappa shape index (κ1) is 10.2. The van der Waals surface area contributed by atoms with Gasteiger partial charge in [0.1, 0.15) is 5.82 Å². The second kappa shape index (κ2) is 3.79. The predicted molar refractivity (Wildman–Crippen MR) is 66.0 cm³/mol. The van der Waals surface area contributed by atoms with Crippen LogP contribution in [-0.2, 0) is 0 Å². The minimum Gasteiger partial charge on any atom is -0.342 e. The van der Waals surface area contributed by atoms with Crippen molar-refractivity contribution in [1.82, 2.24) is 9.97 Å². The molecule has 0 unspecified atom stereocenters. The smallest absolute Gasteiger partial charge is 0.139 e. The lowest BCUT2D eigenvalue weighted by Crippen LogP contribution is -1.84. The number of benzene rings is 1. The SMILES string of the molecule is Clc1cccc(-c2ncc(C3CC3)[nH]2)c1Cl. The molecule has 0 amide bonds. The molecule has 0 radical (unpaired) electrons. The van der Waals surface area contributed by atoms with Crippen molar-refractivity contribution in [3.05, 3.63) is 40.1 Å². The van der Waals surface area contributed by atoms with Gasteiger partial charge in [-0.3, -0.25) is 0 Å². The number of imidazole rings is 1. The Morgan fingerprint density at radius 1 is 1.25 bits per heavy atom. The van der Waals surface area contributed by atoms with Gasteiger partial charge >= 0.3 is 0 Å². The zero-order valence-corrected chi connectivity index (χ0v) is 10.0. The summed E-state index contributed by atoms with van der Waals surface area (Å²) >= 11 is 12.1. The molecular formula is C12H10Cl2N2. The molecule has 0 saturated heterocycles. The molecule has 0 atom stereocenters. The molecule has 1 fully saturated rings. The Bertz CT molecular complexity index is 530. The average molecular weight is 253 g/mol. The third-order valence-electron chi connectivity index (χ3n) is 2.82. The summed E-state index contributed by atoms with van der Waals surface area (Å²) in [5, 5.41) is 1.12. The molecule has 0 aliphatic heterocycles. The van der Waals surface area contributed by atoms with Crippen molar-refractivity contribution in [2.24, 2.45) is 0 Å². The van der Waals surface area contributed by atoms with Gasteiger partial charge in [0, 0.05) is 23.4 Å².